The summed E-state index contributed by atoms with van der Waals surface area (Å²) in [5, 5.41) is 11.6. The molecule has 0 radical (unpaired) electrons. The second kappa shape index (κ2) is 40.1. The molecule has 8 nitrogen and oxygen atoms in total. The highest BCUT2D eigenvalue weighted by Crippen LogP contribution is 2.17. The van der Waals surface area contributed by atoms with Crippen LogP contribution in [0.1, 0.15) is 239 Å². The van der Waals surface area contributed by atoms with Crippen LogP contribution in [-0.2, 0) is 28.6 Å². The molecule has 0 aliphatic rings. The second-order valence-corrected chi connectivity index (χ2v) is 17.7. The maximum atomic E-state index is 12.7. The van der Waals surface area contributed by atoms with Crippen LogP contribution in [-0.4, -0.2) is 75.5 Å². The van der Waals surface area contributed by atoms with Crippen molar-refractivity contribution in [2.45, 2.75) is 251 Å². The number of unbranched alkanes of at least 4 members (excludes halogenated alkanes) is 30. The third-order valence-electron chi connectivity index (χ3n) is 11.2. The van der Waals surface area contributed by atoms with Crippen LogP contribution >= 0.6 is 0 Å². The normalized spacial score (nSPS) is 12.8. The molecule has 2 atom stereocenters. The number of likely N-dealkylation sites (N-methyl/N-ethyl adjacent to an activating group) is 1. The molecule has 0 N–H and O–H groups in total. The van der Waals surface area contributed by atoms with Gasteiger partial charge in [-0.25, -0.2) is 0 Å². The predicted octanol–water partition coefficient (Wildman–Crippen LogP) is 12.0. The van der Waals surface area contributed by atoms with Gasteiger partial charge in [0, 0.05) is 19.3 Å². The molecule has 0 aromatic heterocycles. The van der Waals surface area contributed by atoms with E-state index in [1.807, 2.05) is 21.1 Å². The molecule has 2 unspecified atom stereocenters. The zero-order chi connectivity index (χ0) is 41.4. The topological polar surface area (TPSA) is 102 Å². The molecule has 8 heteroatoms. The Bertz CT molecular complexity index is 889. The number of ether oxygens (including phenoxy) is 3. The number of hydrogen-bond donors (Lipinski definition) is 0. The van der Waals surface area contributed by atoms with E-state index in [1.165, 1.54) is 167 Å². The van der Waals surface area contributed by atoms with Gasteiger partial charge in [-0.1, -0.05) is 206 Å². The lowest BCUT2D eigenvalue weighted by atomic mass is 10.0. The highest BCUT2D eigenvalue weighted by Gasteiger charge is 2.25. The monoisotopic (exact) mass is 796 g/mol. The average Bonchev–Trinajstić information content (AvgIpc) is 3.15. The summed E-state index contributed by atoms with van der Waals surface area (Å²) in [5.74, 6) is -1.71. The summed E-state index contributed by atoms with van der Waals surface area (Å²) in [6, 6.07) is -0.719. The van der Waals surface area contributed by atoms with Crippen LogP contribution in [0, 0.1) is 0 Å². The number of carbonyl (C=O) groups excluding carboxylic acids is 3. The minimum Gasteiger partial charge on any atom is -0.544 e. The highest BCUT2D eigenvalue weighted by atomic mass is 16.6. The Morgan fingerprint density at radius 3 is 1.11 bits per heavy atom. The van der Waals surface area contributed by atoms with Gasteiger partial charge in [0.1, 0.15) is 12.6 Å². The first-order valence-electron chi connectivity index (χ1n) is 24.1. The van der Waals surface area contributed by atoms with E-state index >= 15 is 0 Å². The molecule has 0 fully saturated rings. The molecular weight excluding hydrogens is 703 g/mol. The summed E-state index contributed by atoms with van der Waals surface area (Å²) in [6.07, 6.45) is 41.3. The number of hydrogen-bond acceptors (Lipinski definition) is 7. The number of nitrogens with zero attached hydrogens (tertiary/aromatic N) is 1. The van der Waals surface area contributed by atoms with E-state index in [2.05, 4.69) is 13.8 Å². The minimum atomic E-state index is -1.12. The summed E-state index contributed by atoms with van der Waals surface area (Å²) < 4.78 is 17.2. The van der Waals surface area contributed by atoms with Crippen molar-refractivity contribution >= 4 is 17.9 Å². The molecule has 0 spiro atoms. The summed E-state index contributed by atoms with van der Waals surface area (Å²) >= 11 is 0. The lowest BCUT2D eigenvalue weighted by molar-refractivity contribution is -0.889. The largest absolute Gasteiger partial charge is 0.544 e. The first-order chi connectivity index (χ1) is 27.1. The maximum absolute atomic E-state index is 12.7. The van der Waals surface area contributed by atoms with Crippen LogP contribution in [0.15, 0.2) is 0 Å². The van der Waals surface area contributed by atoms with Crippen LogP contribution in [0.3, 0.4) is 0 Å². The van der Waals surface area contributed by atoms with Gasteiger partial charge in [-0.3, -0.25) is 9.59 Å². The zero-order valence-corrected chi connectivity index (χ0v) is 37.8. The SMILES string of the molecule is CCCCCCCCCCCCCCCCCCCCCCC(=O)OC(COCCC(C(=O)[O-])[N+](C)(C)C)COC(=O)CCCCCCCCCCCCCC. The molecule has 0 aliphatic heterocycles. The van der Waals surface area contributed by atoms with E-state index in [4.69, 9.17) is 14.2 Å². The number of quaternary nitrogens is 1. The summed E-state index contributed by atoms with van der Waals surface area (Å²) in [4.78, 5) is 36.9. The Hall–Kier alpha value is -1.67. The molecule has 0 saturated carbocycles. The van der Waals surface area contributed by atoms with Crippen molar-refractivity contribution in [3.05, 3.63) is 0 Å². The zero-order valence-electron chi connectivity index (χ0n) is 37.8. The second-order valence-electron chi connectivity index (χ2n) is 17.7. The predicted molar refractivity (Wildman–Crippen MR) is 231 cm³/mol. The lowest BCUT2D eigenvalue weighted by Gasteiger charge is -2.34. The van der Waals surface area contributed by atoms with Crippen LogP contribution in [0.2, 0.25) is 0 Å². The molecule has 0 aliphatic carbocycles. The first kappa shape index (κ1) is 54.3. The van der Waals surface area contributed by atoms with Gasteiger partial charge in [-0.15, -0.1) is 0 Å². The fraction of sp³-hybridized carbons (Fsp3) is 0.938. The number of esters is 2. The Morgan fingerprint density at radius 1 is 0.464 bits per heavy atom. The van der Waals surface area contributed by atoms with Crippen molar-refractivity contribution in [2.75, 3.05) is 41.0 Å². The third-order valence-corrected chi connectivity index (χ3v) is 11.2. The average molecular weight is 796 g/mol. The fourth-order valence-corrected chi connectivity index (χ4v) is 7.49. The molecule has 0 heterocycles. The molecule has 0 saturated heterocycles. The molecule has 332 valence electrons. The molecule has 56 heavy (non-hydrogen) atoms. The lowest BCUT2D eigenvalue weighted by Crippen LogP contribution is -2.55. The van der Waals surface area contributed by atoms with Crippen LogP contribution in [0.5, 0.6) is 0 Å². The first-order valence-corrected chi connectivity index (χ1v) is 24.1. The van der Waals surface area contributed by atoms with Gasteiger partial charge in [0.25, 0.3) is 0 Å². The van der Waals surface area contributed by atoms with Gasteiger partial charge in [0.2, 0.25) is 0 Å². The van der Waals surface area contributed by atoms with E-state index < -0.39 is 18.1 Å². The van der Waals surface area contributed by atoms with Gasteiger partial charge in [0.15, 0.2) is 6.10 Å². The van der Waals surface area contributed by atoms with Gasteiger partial charge >= 0.3 is 11.9 Å². The molecule has 0 amide bonds. The summed E-state index contributed by atoms with van der Waals surface area (Å²) in [6.45, 7) is 4.70. The van der Waals surface area contributed by atoms with Crippen molar-refractivity contribution in [3.63, 3.8) is 0 Å². The van der Waals surface area contributed by atoms with Gasteiger partial charge in [-0.2, -0.15) is 0 Å². The van der Waals surface area contributed by atoms with Crippen molar-refractivity contribution in [1.82, 2.24) is 0 Å². The molecule has 0 aromatic carbocycles. The molecule has 0 rings (SSSR count). The molecule has 0 aromatic rings. The van der Waals surface area contributed by atoms with Crippen LogP contribution < -0.4 is 5.11 Å². The number of carboxylic acid groups (broad SMARTS) is 1. The van der Waals surface area contributed by atoms with E-state index in [1.54, 1.807) is 0 Å². The third kappa shape index (κ3) is 37.9. The molecular formula is C48H93NO7. The van der Waals surface area contributed by atoms with Gasteiger partial charge in [0.05, 0.1) is 40.3 Å². The van der Waals surface area contributed by atoms with E-state index in [0.29, 0.717) is 12.8 Å². The van der Waals surface area contributed by atoms with Crippen molar-refractivity contribution in [2.24, 2.45) is 0 Å². The van der Waals surface area contributed by atoms with Crippen molar-refractivity contribution < 1.29 is 38.2 Å². The number of aliphatic carboxylic acids is 1. The van der Waals surface area contributed by atoms with Crippen LogP contribution in [0.25, 0.3) is 0 Å². The van der Waals surface area contributed by atoms with E-state index in [-0.39, 0.29) is 42.7 Å². The highest BCUT2D eigenvalue weighted by molar-refractivity contribution is 5.70. The number of rotatable bonds is 44. The van der Waals surface area contributed by atoms with Crippen molar-refractivity contribution in [1.29, 1.82) is 0 Å². The maximum Gasteiger partial charge on any atom is 0.306 e. The summed E-state index contributed by atoms with van der Waals surface area (Å²) in [7, 11) is 5.42. The quantitative estimate of drug-likeness (QED) is 0.0344. The smallest absolute Gasteiger partial charge is 0.306 e. The standard InChI is InChI=1S/C48H93NO7/c1-6-8-10-12-14-16-18-20-21-22-23-24-25-26-27-29-31-33-35-37-39-47(51)56-44(42-54-41-40-45(48(52)53)49(3,4)5)43-55-46(50)38-36-34-32-30-28-19-17-15-13-11-9-7-2/h44-45H,6-43H2,1-5H3. The Morgan fingerprint density at radius 2 is 0.786 bits per heavy atom. The van der Waals surface area contributed by atoms with Gasteiger partial charge < -0.3 is 28.6 Å². The number of carboxylic acids is 1. The minimum absolute atomic E-state index is 0.0494. The number of carbonyl (C=O) groups is 3. The Labute approximate surface area is 346 Å². The van der Waals surface area contributed by atoms with E-state index in [9.17, 15) is 19.5 Å². The van der Waals surface area contributed by atoms with E-state index in [0.717, 1.165) is 38.5 Å². The van der Waals surface area contributed by atoms with Crippen molar-refractivity contribution in [3.8, 4) is 0 Å². The fourth-order valence-electron chi connectivity index (χ4n) is 7.49. The van der Waals surface area contributed by atoms with Gasteiger partial charge in [-0.05, 0) is 12.8 Å². The molecule has 0 bridgehead atoms. The Balaban J connectivity index is 4.20. The summed E-state index contributed by atoms with van der Waals surface area (Å²) in [5.41, 5.74) is 0. The van der Waals surface area contributed by atoms with Crippen LogP contribution in [0.4, 0.5) is 0 Å². The Kier molecular flexibility index (Phi) is 38.9.